The minimum atomic E-state index is -0.930. The Kier molecular flexibility index (Phi) is 7.65. The van der Waals surface area contributed by atoms with Crippen LogP contribution < -0.4 is 10.4 Å². The summed E-state index contributed by atoms with van der Waals surface area (Å²) >= 11 is 0. The van der Waals surface area contributed by atoms with Gasteiger partial charge >= 0.3 is 11.6 Å². The molecule has 0 aliphatic carbocycles. The van der Waals surface area contributed by atoms with Gasteiger partial charge in [-0.1, -0.05) is 50.6 Å². The van der Waals surface area contributed by atoms with Crippen LogP contribution in [0.5, 0.6) is 5.75 Å². The molecular formula is C29H34O5. The second-order valence-electron chi connectivity index (χ2n) is 9.55. The van der Waals surface area contributed by atoms with Gasteiger partial charge in [-0.05, 0) is 69.9 Å². The number of carbonyl (C=O) groups excluding carboxylic acids is 1. The van der Waals surface area contributed by atoms with E-state index in [2.05, 4.69) is 25.6 Å². The van der Waals surface area contributed by atoms with Crippen molar-refractivity contribution in [3.63, 3.8) is 0 Å². The van der Waals surface area contributed by atoms with Gasteiger partial charge in [0.25, 0.3) is 0 Å². The van der Waals surface area contributed by atoms with E-state index in [9.17, 15) is 9.59 Å². The Labute approximate surface area is 201 Å². The zero-order chi connectivity index (χ0) is 24.9. The highest BCUT2D eigenvalue weighted by Crippen LogP contribution is 2.33. The molecule has 180 valence electrons. The lowest BCUT2D eigenvalue weighted by molar-refractivity contribution is -0.170. The predicted molar refractivity (Wildman–Crippen MR) is 136 cm³/mol. The van der Waals surface area contributed by atoms with Crippen molar-refractivity contribution in [1.82, 2.24) is 0 Å². The lowest BCUT2D eigenvalue weighted by Crippen LogP contribution is -2.52. The number of esters is 1. The molecule has 34 heavy (non-hydrogen) atoms. The van der Waals surface area contributed by atoms with Crippen molar-refractivity contribution in [2.45, 2.75) is 71.5 Å². The summed E-state index contributed by atoms with van der Waals surface area (Å²) in [7, 11) is 0. The first kappa shape index (κ1) is 25.3. The van der Waals surface area contributed by atoms with E-state index < -0.39 is 22.8 Å². The highest BCUT2D eigenvalue weighted by Gasteiger charge is 2.42. The number of hydrogen-bond donors (Lipinski definition) is 0. The molecule has 1 aromatic heterocycles. The fraction of sp³-hybridized carbons (Fsp3) is 0.379. The summed E-state index contributed by atoms with van der Waals surface area (Å²) in [5, 5.41) is 0.795. The lowest BCUT2D eigenvalue weighted by atomic mass is 9.89. The molecule has 1 heterocycles. The highest BCUT2D eigenvalue weighted by molar-refractivity contribution is 5.83. The van der Waals surface area contributed by atoms with Gasteiger partial charge in [0.15, 0.2) is 0 Å². The smallest absolute Gasteiger partial charge is 0.344 e. The maximum Gasteiger partial charge on any atom is 0.344 e. The Morgan fingerprint density at radius 1 is 1.00 bits per heavy atom. The van der Waals surface area contributed by atoms with Gasteiger partial charge in [-0.2, -0.15) is 0 Å². The van der Waals surface area contributed by atoms with Crippen molar-refractivity contribution in [2.24, 2.45) is 0 Å². The topological polar surface area (TPSA) is 65.7 Å². The number of ether oxygens (including phenoxy) is 2. The van der Waals surface area contributed by atoms with Crippen molar-refractivity contribution in [3.05, 3.63) is 77.2 Å². The fourth-order valence-electron chi connectivity index (χ4n) is 3.62. The normalized spacial score (nSPS) is 11.9. The van der Waals surface area contributed by atoms with Crippen molar-refractivity contribution in [2.75, 3.05) is 0 Å². The molecule has 0 atom stereocenters. The van der Waals surface area contributed by atoms with E-state index in [1.54, 1.807) is 19.9 Å². The van der Waals surface area contributed by atoms with Crippen LogP contribution in [0.2, 0.25) is 0 Å². The van der Waals surface area contributed by atoms with E-state index in [0.717, 1.165) is 23.4 Å². The van der Waals surface area contributed by atoms with Crippen LogP contribution >= 0.6 is 0 Å². The van der Waals surface area contributed by atoms with Crippen molar-refractivity contribution in [3.8, 4) is 16.9 Å². The third kappa shape index (κ3) is 5.77. The Morgan fingerprint density at radius 2 is 1.71 bits per heavy atom. The quantitative estimate of drug-likeness (QED) is 0.143. The first-order valence-electron chi connectivity index (χ1n) is 11.8. The van der Waals surface area contributed by atoms with Gasteiger partial charge < -0.3 is 13.9 Å². The summed E-state index contributed by atoms with van der Waals surface area (Å²) in [5.41, 5.74) is 0.871. The van der Waals surface area contributed by atoms with Crippen LogP contribution in [0.1, 0.15) is 59.4 Å². The van der Waals surface area contributed by atoms with Crippen molar-refractivity contribution < 1.29 is 18.7 Å². The summed E-state index contributed by atoms with van der Waals surface area (Å²) in [4.78, 5) is 24.5. The maximum atomic E-state index is 12.8. The molecule has 2 aromatic carbocycles. The molecule has 0 fully saturated rings. The van der Waals surface area contributed by atoms with Gasteiger partial charge in [0.1, 0.15) is 22.5 Å². The first-order chi connectivity index (χ1) is 16.1. The van der Waals surface area contributed by atoms with E-state index in [1.165, 1.54) is 24.8 Å². The molecule has 0 unspecified atom stereocenters. The minimum Gasteiger partial charge on any atom is -0.484 e. The average molecular weight is 463 g/mol. The third-order valence-corrected chi connectivity index (χ3v) is 6.39. The molecule has 0 aliphatic heterocycles. The molecule has 0 saturated heterocycles. The summed E-state index contributed by atoms with van der Waals surface area (Å²) in [5.74, 6) is -0.0136. The van der Waals surface area contributed by atoms with Crippen LogP contribution in [0.3, 0.4) is 0 Å². The van der Waals surface area contributed by atoms with Crippen LogP contribution in [0.15, 0.2) is 70.4 Å². The average Bonchev–Trinajstić information content (AvgIpc) is 2.78. The zero-order valence-electron chi connectivity index (χ0n) is 20.8. The Bertz CT molecular complexity index is 1220. The SMILES string of the molecule is C=CC(=O)OC(C)(C)C(C)(C)Oc1ccc2cc(-c3ccc(CCCCC)cc3)c(=O)oc2c1. The molecule has 3 rings (SSSR count). The molecule has 0 aliphatic rings. The van der Waals surface area contributed by atoms with E-state index in [0.29, 0.717) is 16.9 Å². The highest BCUT2D eigenvalue weighted by atomic mass is 16.6. The number of carbonyl (C=O) groups is 1. The summed E-state index contributed by atoms with van der Waals surface area (Å²) in [6.07, 6.45) is 5.75. The van der Waals surface area contributed by atoms with Crippen LogP contribution in [-0.4, -0.2) is 17.2 Å². The summed E-state index contributed by atoms with van der Waals surface area (Å²) in [6, 6.07) is 15.3. The molecular weight excluding hydrogens is 428 g/mol. The van der Waals surface area contributed by atoms with Gasteiger partial charge in [0, 0.05) is 17.5 Å². The fourth-order valence-corrected chi connectivity index (χ4v) is 3.62. The van der Waals surface area contributed by atoms with Crippen molar-refractivity contribution in [1.29, 1.82) is 0 Å². The monoisotopic (exact) mass is 462 g/mol. The molecule has 0 amide bonds. The zero-order valence-corrected chi connectivity index (χ0v) is 20.8. The van der Waals surface area contributed by atoms with E-state index >= 15 is 0 Å². The Hall–Kier alpha value is -3.34. The number of aryl methyl sites for hydroxylation is 1. The van der Waals surface area contributed by atoms with Crippen LogP contribution in [-0.2, 0) is 16.0 Å². The lowest BCUT2D eigenvalue weighted by Gasteiger charge is -2.40. The minimum absolute atomic E-state index is 0.400. The molecule has 0 bridgehead atoms. The molecule has 0 N–H and O–H groups in total. The molecule has 5 nitrogen and oxygen atoms in total. The van der Waals surface area contributed by atoms with Gasteiger partial charge in [-0.3, -0.25) is 0 Å². The van der Waals surface area contributed by atoms with E-state index in [4.69, 9.17) is 13.9 Å². The van der Waals surface area contributed by atoms with Crippen LogP contribution in [0.25, 0.3) is 22.1 Å². The Morgan fingerprint density at radius 3 is 2.35 bits per heavy atom. The molecule has 0 radical (unpaired) electrons. The predicted octanol–water partition coefficient (Wildman–Crippen LogP) is 6.86. The van der Waals surface area contributed by atoms with Gasteiger partial charge in [0.05, 0.1) is 5.56 Å². The number of benzene rings is 2. The molecule has 0 spiro atoms. The maximum absolute atomic E-state index is 12.8. The number of hydrogen-bond acceptors (Lipinski definition) is 5. The van der Waals surface area contributed by atoms with Gasteiger partial charge in [-0.25, -0.2) is 9.59 Å². The molecule has 0 saturated carbocycles. The second-order valence-corrected chi connectivity index (χ2v) is 9.55. The molecule has 3 aromatic rings. The molecule has 5 heteroatoms. The van der Waals surface area contributed by atoms with Crippen LogP contribution in [0, 0.1) is 0 Å². The van der Waals surface area contributed by atoms with Gasteiger partial charge in [0.2, 0.25) is 0 Å². The number of fused-ring (bicyclic) bond motifs is 1. The van der Waals surface area contributed by atoms with E-state index in [-0.39, 0.29) is 0 Å². The van der Waals surface area contributed by atoms with Crippen LogP contribution in [0.4, 0.5) is 0 Å². The first-order valence-corrected chi connectivity index (χ1v) is 11.8. The summed E-state index contributed by atoms with van der Waals surface area (Å²) < 4.78 is 17.3. The Balaban J connectivity index is 1.84. The largest absolute Gasteiger partial charge is 0.484 e. The van der Waals surface area contributed by atoms with Gasteiger partial charge in [-0.15, -0.1) is 0 Å². The number of unbranched alkanes of at least 4 members (excludes halogenated alkanes) is 2. The number of rotatable bonds is 10. The van der Waals surface area contributed by atoms with E-state index in [1.807, 2.05) is 44.2 Å². The third-order valence-electron chi connectivity index (χ3n) is 6.39. The standard InChI is InChI=1S/C29H34O5/c1-7-9-10-11-20-12-14-21(15-13-20)24-18-22-16-17-23(19-25(22)32-27(24)31)33-28(3,4)29(5,6)34-26(30)8-2/h8,12-19H,2,7,9-11H2,1,3-6H3. The van der Waals surface area contributed by atoms with Crippen molar-refractivity contribution >= 4 is 16.9 Å². The summed E-state index contributed by atoms with van der Waals surface area (Å²) in [6.45, 7) is 12.9. The second kappa shape index (κ2) is 10.3.